The van der Waals surface area contributed by atoms with Crippen LogP contribution < -0.4 is 10.6 Å². The van der Waals surface area contributed by atoms with E-state index in [1.807, 2.05) is 0 Å². The number of halogens is 1. The maximum Gasteiger partial charge on any atom is 0.264 e. The van der Waals surface area contributed by atoms with Crippen molar-refractivity contribution in [1.82, 2.24) is 10.6 Å². The van der Waals surface area contributed by atoms with Crippen molar-refractivity contribution in [2.75, 3.05) is 20.3 Å². The van der Waals surface area contributed by atoms with Crippen molar-refractivity contribution >= 4 is 17.5 Å². The zero-order chi connectivity index (χ0) is 17.5. The maximum absolute atomic E-state index is 12.9. The molecule has 0 spiro atoms. The van der Waals surface area contributed by atoms with Crippen LogP contribution in [0.5, 0.6) is 0 Å². The first-order valence-electron chi connectivity index (χ1n) is 7.57. The normalized spacial score (nSPS) is 17.6. The lowest BCUT2D eigenvalue weighted by Gasteiger charge is -2.16. The number of nitrogens with one attached hydrogen (secondary N) is 2. The Hall–Kier alpha value is -2.48. The van der Waals surface area contributed by atoms with Gasteiger partial charge in [-0.15, -0.1) is 0 Å². The second-order valence-corrected chi connectivity index (χ2v) is 5.36. The van der Waals surface area contributed by atoms with Crippen LogP contribution in [0.1, 0.15) is 18.9 Å². The molecule has 1 aromatic rings. The topological polar surface area (TPSA) is 89.0 Å². The molecule has 2 amide bonds. The molecule has 2 rings (SSSR count). The molecule has 1 aromatic carbocycles. The summed E-state index contributed by atoms with van der Waals surface area (Å²) in [6.07, 6.45) is -0.547. The van der Waals surface area contributed by atoms with Gasteiger partial charge in [-0.2, -0.15) is 0 Å². The van der Waals surface area contributed by atoms with E-state index in [4.69, 9.17) is 9.57 Å². The standard InChI is InChI=1S/C16H20FN3O4/c1-10(15(21)18-7-8-23-2)19-16(22)14-9-13(20-24-14)11-3-5-12(17)6-4-11/h3-6,10,14H,7-9H2,1-2H3,(H,18,21)(H,19,22)/t10-,14+/m0/s1. The minimum atomic E-state index is -0.806. The van der Waals surface area contributed by atoms with Crippen LogP contribution in [0, 0.1) is 5.82 Å². The quantitative estimate of drug-likeness (QED) is 0.713. The van der Waals surface area contributed by atoms with Crippen LogP contribution in [0.4, 0.5) is 4.39 Å². The molecule has 130 valence electrons. The Balaban J connectivity index is 1.82. The van der Waals surface area contributed by atoms with Crippen LogP contribution in [0.2, 0.25) is 0 Å². The second kappa shape index (κ2) is 8.39. The van der Waals surface area contributed by atoms with E-state index in [0.717, 1.165) is 0 Å². The Labute approximate surface area is 139 Å². The van der Waals surface area contributed by atoms with Gasteiger partial charge in [0.25, 0.3) is 5.91 Å². The number of methoxy groups -OCH3 is 1. The van der Waals surface area contributed by atoms with Crippen LogP contribution in [0.25, 0.3) is 0 Å². The third-order valence-electron chi connectivity index (χ3n) is 3.50. The van der Waals surface area contributed by atoms with Crippen LogP contribution >= 0.6 is 0 Å². The third-order valence-corrected chi connectivity index (χ3v) is 3.50. The molecule has 0 saturated heterocycles. The molecule has 2 N–H and O–H groups in total. The summed E-state index contributed by atoms with van der Waals surface area (Å²) >= 11 is 0. The number of benzene rings is 1. The van der Waals surface area contributed by atoms with Gasteiger partial charge in [-0.25, -0.2) is 4.39 Å². The number of ether oxygens (including phenoxy) is 1. The van der Waals surface area contributed by atoms with Crippen molar-refractivity contribution in [3.63, 3.8) is 0 Å². The number of rotatable bonds is 7. The molecule has 0 aliphatic carbocycles. The third kappa shape index (κ3) is 4.76. The first kappa shape index (κ1) is 17.9. The minimum absolute atomic E-state index is 0.259. The molecule has 8 heteroatoms. The molecule has 1 heterocycles. The fourth-order valence-corrected chi connectivity index (χ4v) is 2.13. The fraction of sp³-hybridized carbons (Fsp3) is 0.438. The molecule has 1 aliphatic rings. The van der Waals surface area contributed by atoms with E-state index in [-0.39, 0.29) is 18.1 Å². The number of hydrogen-bond acceptors (Lipinski definition) is 5. The predicted molar refractivity (Wildman–Crippen MR) is 84.9 cm³/mol. The van der Waals surface area contributed by atoms with Crippen molar-refractivity contribution in [2.45, 2.75) is 25.5 Å². The van der Waals surface area contributed by atoms with Crippen molar-refractivity contribution in [3.05, 3.63) is 35.6 Å². The van der Waals surface area contributed by atoms with Gasteiger partial charge in [0.05, 0.1) is 12.3 Å². The maximum atomic E-state index is 12.9. The second-order valence-electron chi connectivity index (χ2n) is 5.36. The average molecular weight is 337 g/mol. The largest absolute Gasteiger partial charge is 0.383 e. The van der Waals surface area contributed by atoms with Gasteiger partial charge in [0.1, 0.15) is 11.9 Å². The first-order chi connectivity index (χ1) is 11.5. The van der Waals surface area contributed by atoms with Crippen LogP contribution in [0.3, 0.4) is 0 Å². The number of amides is 2. The number of oxime groups is 1. The molecule has 2 atom stereocenters. The monoisotopic (exact) mass is 337 g/mol. The number of carbonyl (C=O) groups excluding carboxylic acids is 2. The van der Waals surface area contributed by atoms with Gasteiger partial charge in [-0.3, -0.25) is 9.59 Å². The van der Waals surface area contributed by atoms with Gasteiger partial charge < -0.3 is 20.2 Å². The van der Waals surface area contributed by atoms with Gasteiger partial charge in [-0.05, 0) is 24.6 Å². The Morgan fingerprint density at radius 1 is 1.42 bits per heavy atom. The van der Waals surface area contributed by atoms with Crippen molar-refractivity contribution in [3.8, 4) is 0 Å². The van der Waals surface area contributed by atoms with Crippen LogP contribution in [-0.4, -0.2) is 49.9 Å². The summed E-state index contributed by atoms with van der Waals surface area (Å²) in [5, 5.41) is 9.08. The molecule has 7 nitrogen and oxygen atoms in total. The molecule has 0 unspecified atom stereocenters. The highest BCUT2D eigenvalue weighted by molar-refractivity contribution is 6.04. The minimum Gasteiger partial charge on any atom is -0.383 e. The van der Waals surface area contributed by atoms with E-state index in [0.29, 0.717) is 24.4 Å². The number of nitrogens with zero attached hydrogens (tertiary/aromatic N) is 1. The molecule has 0 bridgehead atoms. The Kier molecular flexibility index (Phi) is 6.25. The van der Waals surface area contributed by atoms with E-state index in [9.17, 15) is 14.0 Å². The molecule has 1 aliphatic heterocycles. The summed E-state index contributed by atoms with van der Waals surface area (Å²) in [7, 11) is 1.54. The van der Waals surface area contributed by atoms with Gasteiger partial charge >= 0.3 is 0 Å². The highest BCUT2D eigenvalue weighted by Crippen LogP contribution is 2.17. The van der Waals surface area contributed by atoms with Crippen LogP contribution in [0.15, 0.2) is 29.4 Å². The lowest BCUT2D eigenvalue weighted by Crippen LogP contribution is -2.48. The summed E-state index contributed by atoms with van der Waals surface area (Å²) in [5.41, 5.74) is 1.25. The van der Waals surface area contributed by atoms with Crippen molar-refractivity contribution < 1.29 is 23.6 Å². The van der Waals surface area contributed by atoms with E-state index in [2.05, 4.69) is 15.8 Å². The summed E-state index contributed by atoms with van der Waals surface area (Å²) in [6, 6.07) is 5.08. The van der Waals surface area contributed by atoms with Crippen molar-refractivity contribution in [2.24, 2.45) is 5.16 Å². The molecular weight excluding hydrogens is 317 g/mol. The average Bonchev–Trinajstić information content (AvgIpc) is 3.05. The molecule has 0 saturated carbocycles. The highest BCUT2D eigenvalue weighted by Gasteiger charge is 2.30. The molecule has 0 fully saturated rings. The van der Waals surface area contributed by atoms with E-state index in [1.54, 1.807) is 19.1 Å². The highest BCUT2D eigenvalue weighted by atomic mass is 19.1. The van der Waals surface area contributed by atoms with E-state index >= 15 is 0 Å². The summed E-state index contributed by atoms with van der Waals surface area (Å²) in [4.78, 5) is 29.1. The number of carbonyl (C=O) groups is 2. The fourth-order valence-electron chi connectivity index (χ4n) is 2.13. The van der Waals surface area contributed by atoms with Gasteiger partial charge in [0.2, 0.25) is 12.0 Å². The Morgan fingerprint density at radius 3 is 2.79 bits per heavy atom. The lowest BCUT2D eigenvalue weighted by molar-refractivity contribution is -0.135. The first-order valence-corrected chi connectivity index (χ1v) is 7.57. The van der Waals surface area contributed by atoms with Gasteiger partial charge in [0, 0.05) is 20.1 Å². The van der Waals surface area contributed by atoms with Crippen molar-refractivity contribution in [1.29, 1.82) is 0 Å². The summed E-state index contributed by atoms with van der Waals surface area (Å²) < 4.78 is 17.8. The summed E-state index contributed by atoms with van der Waals surface area (Å²) in [6.45, 7) is 2.34. The van der Waals surface area contributed by atoms with Crippen LogP contribution in [-0.2, 0) is 19.2 Å². The Bertz CT molecular complexity index is 618. The predicted octanol–water partition coefficient (Wildman–Crippen LogP) is 0.586. The Morgan fingerprint density at radius 2 is 2.12 bits per heavy atom. The zero-order valence-corrected chi connectivity index (χ0v) is 13.5. The molecular formula is C16H20FN3O4. The van der Waals surface area contributed by atoms with E-state index in [1.165, 1.54) is 19.2 Å². The smallest absolute Gasteiger partial charge is 0.264 e. The van der Waals surface area contributed by atoms with Gasteiger partial charge in [0.15, 0.2) is 0 Å². The zero-order valence-electron chi connectivity index (χ0n) is 13.5. The molecule has 24 heavy (non-hydrogen) atoms. The molecule has 0 aromatic heterocycles. The lowest BCUT2D eigenvalue weighted by atomic mass is 10.0. The molecule has 0 radical (unpaired) electrons. The summed E-state index contributed by atoms with van der Waals surface area (Å²) in [5.74, 6) is -1.08. The number of hydrogen-bond donors (Lipinski definition) is 2. The van der Waals surface area contributed by atoms with E-state index < -0.39 is 18.1 Å². The SMILES string of the molecule is COCCNC(=O)[C@H](C)NC(=O)[C@H]1CC(c2ccc(F)cc2)=NO1. The van der Waals surface area contributed by atoms with Gasteiger partial charge in [-0.1, -0.05) is 17.3 Å².